The molecule has 0 aromatic heterocycles. The number of amides is 1. The van der Waals surface area contributed by atoms with Gasteiger partial charge in [0.2, 0.25) is 5.91 Å². The van der Waals surface area contributed by atoms with Crippen molar-refractivity contribution in [3.8, 4) is 0 Å². The molecule has 2 unspecified atom stereocenters. The molecule has 1 amide bonds. The van der Waals surface area contributed by atoms with Crippen molar-refractivity contribution < 1.29 is 23.6 Å². The average Bonchev–Trinajstić information content (AvgIpc) is 3.63. The summed E-state index contributed by atoms with van der Waals surface area (Å²) in [6.45, 7) is 0.199. The molecule has 1 aliphatic carbocycles. The highest BCUT2D eigenvalue weighted by Gasteiger charge is 2.47. The van der Waals surface area contributed by atoms with Crippen LogP contribution in [0.25, 0.3) is 0 Å². The van der Waals surface area contributed by atoms with E-state index in [0.717, 1.165) is 18.4 Å². The molecule has 1 aliphatic heterocycles. The summed E-state index contributed by atoms with van der Waals surface area (Å²) in [6, 6.07) is 12.9. The van der Waals surface area contributed by atoms with Crippen molar-refractivity contribution in [1.82, 2.24) is 4.90 Å². The molecule has 1 heterocycles. The van der Waals surface area contributed by atoms with Crippen molar-refractivity contribution in [1.29, 1.82) is 0 Å². The minimum atomic E-state index is -1.52. The van der Waals surface area contributed by atoms with Gasteiger partial charge in [0.15, 0.2) is 5.82 Å². The van der Waals surface area contributed by atoms with Gasteiger partial charge in [0.25, 0.3) is 0 Å². The van der Waals surface area contributed by atoms with E-state index < -0.39 is 29.1 Å². The van der Waals surface area contributed by atoms with Crippen LogP contribution in [-0.4, -0.2) is 45.3 Å². The zero-order valence-corrected chi connectivity index (χ0v) is 20.5. The van der Waals surface area contributed by atoms with Gasteiger partial charge >= 0.3 is 5.97 Å². The molecule has 2 aromatic carbocycles. The van der Waals surface area contributed by atoms with Gasteiger partial charge in [-0.25, -0.2) is 4.39 Å². The van der Waals surface area contributed by atoms with Crippen LogP contribution in [0.5, 0.6) is 0 Å². The van der Waals surface area contributed by atoms with E-state index in [4.69, 9.17) is 11.6 Å². The standard InChI is InChI=1S/C25H28ClFN2O4S/c1-34(33)28(22-5-3-2-4-20(22)27)15-23(17-6-7-17)29-21(16-8-11-19(26)12-9-16)13-10-18(25(29)32)14-24(30)31/h2-5,8-9,11-12,17-18,21,23H,6-7,10,13-15H2,1H3,(H,30,31)/t18-,21+,23?,34?/m1/s1. The lowest BCUT2D eigenvalue weighted by Gasteiger charge is -2.45. The zero-order valence-electron chi connectivity index (χ0n) is 18.9. The second kappa shape index (κ2) is 10.5. The van der Waals surface area contributed by atoms with E-state index in [9.17, 15) is 23.6 Å². The van der Waals surface area contributed by atoms with Crippen molar-refractivity contribution >= 4 is 40.5 Å². The van der Waals surface area contributed by atoms with Crippen LogP contribution in [0.4, 0.5) is 10.1 Å². The highest BCUT2D eigenvalue weighted by molar-refractivity contribution is 7.92. The van der Waals surface area contributed by atoms with Crippen LogP contribution in [0, 0.1) is 17.7 Å². The van der Waals surface area contributed by atoms with Gasteiger partial charge in [0.05, 0.1) is 36.4 Å². The Hall–Kier alpha value is -2.29. The third kappa shape index (κ3) is 5.50. The molecule has 2 aromatic rings. The zero-order chi connectivity index (χ0) is 24.4. The Labute approximate surface area is 207 Å². The fourth-order valence-corrected chi connectivity index (χ4v) is 5.82. The first kappa shape index (κ1) is 24.8. The summed E-state index contributed by atoms with van der Waals surface area (Å²) in [5.41, 5.74) is 1.15. The fraction of sp³-hybridized carbons (Fsp3) is 0.440. The number of piperidine rings is 1. The van der Waals surface area contributed by atoms with Crippen LogP contribution in [-0.2, 0) is 21.0 Å². The van der Waals surface area contributed by atoms with E-state index in [0.29, 0.717) is 17.9 Å². The topological polar surface area (TPSA) is 83.9 Å². The van der Waals surface area contributed by atoms with Gasteiger partial charge in [-0.1, -0.05) is 35.9 Å². The molecule has 1 N–H and O–H groups in total. The van der Waals surface area contributed by atoms with Gasteiger partial charge < -0.3 is 14.6 Å². The third-order valence-corrected chi connectivity index (χ3v) is 7.93. The number of hydrogen-bond acceptors (Lipinski definition) is 4. The van der Waals surface area contributed by atoms with Crippen LogP contribution >= 0.6 is 11.6 Å². The van der Waals surface area contributed by atoms with Crippen LogP contribution in [0.15, 0.2) is 48.5 Å². The van der Waals surface area contributed by atoms with E-state index >= 15 is 0 Å². The van der Waals surface area contributed by atoms with Gasteiger partial charge in [0, 0.05) is 10.9 Å². The Morgan fingerprint density at radius 2 is 1.88 bits per heavy atom. The van der Waals surface area contributed by atoms with E-state index in [1.807, 2.05) is 12.1 Å². The average molecular weight is 507 g/mol. The monoisotopic (exact) mass is 506 g/mol. The normalized spacial score (nSPS) is 22.4. The van der Waals surface area contributed by atoms with Gasteiger partial charge in [-0.15, -0.1) is 0 Å². The summed E-state index contributed by atoms with van der Waals surface area (Å²) in [7, 11) is 0. The molecule has 1 saturated carbocycles. The number of carboxylic acid groups (broad SMARTS) is 1. The van der Waals surface area contributed by atoms with Gasteiger partial charge in [-0.05, 0) is 61.4 Å². The minimum Gasteiger partial charge on any atom is -0.593 e. The molecule has 9 heteroatoms. The number of nitrogens with zero attached hydrogens (tertiary/aromatic N) is 2. The lowest BCUT2D eigenvalue weighted by atomic mass is 9.84. The van der Waals surface area contributed by atoms with Crippen molar-refractivity contribution in [2.45, 2.75) is 44.2 Å². The molecule has 2 aliphatic rings. The summed E-state index contributed by atoms with van der Waals surface area (Å²) in [5, 5.41) is 9.96. The Balaban J connectivity index is 1.71. The molecule has 182 valence electrons. The number of aliphatic carboxylic acids is 1. The number of para-hydroxylation sites is 1. The molecule has 4 atom stereocenters. The minimum absolute atomic E-state index is 0.181. The Kier molecular flexibility index (Phi) is 7.70. The number of halogens is 2. The molecule has 0 radical (unpaired) electrons. The summed E-state index contributed by atoms with van der Waals surface area (Å²) in [4.78, 5) is 27.0. The van der Waals surface area contributed by atoms with Crippen molar-refractivity contribution in [3.05, 3.63) is 64.9 Å². The summed E-state index contributed by atoms with van der Waals surface area (Å²) in [6.07, 6.45) is 4.18. The Morgan fingerprint density at radius 3 is 2.47 bits per heavy atom. The first-order chi connectivity index (χ1) is 16.3. The SMILES string of the molecule is C[S+]([O-])N(CC(C1CC1)N1C(=O)[C@@H](CC(=O)O)CC[C@H]1c1ccc(Cl)cc1)c1ccccc1F. The number of anilines is 1. The number of benzene rings is 2. The van der Waals surface area contributed by atoms with Gasteiger partial charge in [-0.2, -0.15) is 4.31 Å². The fourth-order valence-electron chi connectivity index (χ4n) is 4.90. The predicted octanol–water partition coefficient (Wildman–Crippen LogP) is 4.81. The number of carboxylic acids is 1. The van der Waals surface area contributed by atoms with Gasteiger partial charge in [-0.3, -0.25) is 9.59 Å². The first-order valence-corrected chi connectivity index (χ1v) is 13.3. The van der Waals surface area contributed by atoms with E-state index in [-0.39, 0.29) is 42.6 Å². The van der Waals surface area contributed by atoms with Gasteiger partial charge in [0.1, 0.15) is 11.9 Å². The number of carbonyl (C=O) groups excluding carboxylic acids is 1. The maximum atomic E-state index is 14.6. The van der Waals surface area contributed by atoms with Crippen LogP contribution in [0.3, 0.4) is 0 Å². The molecule has 0 bridgehead atoms. The number of rotatable bonds is 9. The smallest absolute Gasteiger partial charge is 0.304 e. The lowest BCUT2D eigenvalue weighted by molar-refractivity contribution is -0.151. The lowest BCUT2D eigenvalue weighted by Crippen LogP contribution is -2.54. The third-order valence-electron chi connectivity index (χ3n) is 6.71. The summed E-state index contributed by atoms with van der Waals surface area (Å²) >= 11 is 4.56. The molecule has 0 spiro atoms. The largest absolute Gasteiger partial charge is 0.593 e. The maximum Gasteiger partial charge on any atom is 0.304 e. The van der Waals surface area contributed by atoms with E-state index in [1.54, 1.807) is 35.2 Å². The van der Waals surface area contributed by atoms with Crippen molar-refractivity contribution in [2.24, 2.45) is 11.8 Å². The van der Waals surface area contributed by atoms with Crippen molar-refractivity contribution in [3.63, 3.8) is 0 Å². The van der Waals surface area contributed by atoms with Crippen molar-refractivity contribution in [2.75, 3.05) is 17.1 Å². The molecule has 34 heavy (non-hydrogen) atoms. The highest BCUT2D eigenvalue weighted by Crippen LogP contribution is 2.44. The molecule has 6 nitrogen and oxygen atoms in total. The summed E-state index contributed by atoms with van der Waals surface area (Å²) < 4.78 is 28.9. The number of likely N-dealkylation sites (tertiary alicyclic amines) is 1. The van der Waals surface area contributed by atoms with Crippen LogP contribution in [0.1, 0.15) is 43.7 Å². The number of hydrogen-bond donors (Lipinski definition) is 1. The van der Waals surface area contributed by atoms with E-state index in [2.05, 4.69) is 0 Å². The quantitative estimate of drug-likeness (QED) is 0.493. The molecular formula is C25H28ClFN2O4S. The second-order valence-electron chi connectivity index (χ2n) is 9.03. The van der Waals surface area contributed by atoms with E-state index in [1.165, 1.54) is 16.6 Å². The molecular weight excluding hydrogens is 479 g/mol. The first-order valence-electron chi connectivity index (χ1n) is 11.4. The summed E-state index contributed by atoms with van der Waals surface area (Å²) in [5.74, 6) is -2.12. The molecule has 4 rings (SSSR count). The number of carbonyl (C=O) groups is 2. The molecule has 2 fully saturated rings. The molecule has 1 saturated heterocycles. The Morgan fingerprint density at radius 1 is 1.21 bits per heavy atom. The van der Waals surface area contributed by atoms with Crippen LogP contribution < -0.4 is 4.31 Å². The second-order valence-corrected chi connectivity index (χ2v) is 10.8. The maximum absolute atomic E-state index is 14.6. The predicted molar refractivity (Wildman–Crippen MR) is 130 cm³/mol. The Bertz CT molecular complexity index is 1030. The van der Waals surface area contributed by atoms with Crippen LogP contribution in [0.2, 0.25) is 5.02 Å². The highest BCUT2D eigenvalue weighted by atomic mass is 35.5.